The molecule has 1 fully saturated rings. The molecule has 0 saturated carbocycles. The van der Waals surface area contributed by atoms with Crippen molar-refractivity contribution in [1.82, 2.24) is 10.9 Å². The Labute approximate surface area is 191 Å². The van der Waals surface area contributed by atoms with Gasteiger partial charge in [-0.15, -0.1) is 0 Å². The second kappa shape index (κ2) is 9.32. The zero-order valence-electron chi connectivity index (χ0n) is 16.6. The molecule has 2 aromatic carbocycles. The molecule has 31 heavy (non-hydrogen) atoms. The van der Waals surface area contributed by atoms with Crippen LogP contribution in [-0.2, 0) is 4.79 Å². The number of nitrogens with zero attached hydrogens (tertiary/aromatic N) is 1. The second-order valence-corrected chi connectivity index (χ2v) is 8.09. The first-order valence-corrected chi connectivity index (χ1v) is 10.7. The average molecular weight is 455 g/mol. The van der Waals surface area contributed by atoms with E-state index >= 15 is 0 Å². The minimum Gasteiger partial charge on any atom is -0.480 e. The van der Waals surface area contributed by atoms with Gasteiger partial charge < -0.3 is 20.1 Å². The van der Waals surface area contributed by atoms with E-state index in [4.69, 9.17) is 29.2 Å². The summed E-state index contributed by atoms with van der Waals surface area (Å²) in [5.41, 5.74) is 8.49. The molecule has 0 aromatic heterocycles. The van der Waals surface area contributed by atoms with Crippen molar-refractivity contribution in [3.8, 4) is 5.75 Å². The fourth-order valence-electron chi connectivity index (χ4n) is 3.66. The van der Waals surface area contributed by atoms with Crippen LogP contribution >= 0.6 is 24.4 Å². The maximum absolute atomic E-state index is 11.6. The van der Waals surface area contributed by atoms with Crippen LogP contribution in [0, 0.1) is 0 Å². The normalized spacial score (nSPS) is 18.5. The van der Waals surface area contributed by atoms with Gasteiger partial charge >= 0.3 is 5.97 Å². The minimum atomic E-state index is -0.830. The molecule has 2 aliphatic heterocycles. The van der Waals surface area contributed by atoms with Crippen LogP contribution in [0.3, 0.4) is 0 Å². The largest absolute Gasteiger partial charge is 0.480 e. The topological polar surface area (TPSA) is 85.9 Å². The van der Waals surface area contributed by atoms with E-state index in [1.807, 2.05) is 65.6 Å². The molecule has 0 bridgehead atoms. The third kappa shape index (κ3) is 4.78. The van der Waals surface area contributed by atoms with Crippen LogP contribution in [0.2, 0.25) is 0 Å². The Bertz CT molecular complexity index is 1030. The van der Waals surface area contributed by atoms with Gasteiger partial charge in [-0.05, 0) is 36.2 Å². The van der Waals surface area contributed by atoms with E-state index in [0.29, 0.717) is 28.7 Å². The molecule has 160 valence electrons. The molecule has 2 aromatic rings. The number of ether oxygens (including phenoxy) is 1. The summed E-state index contributed by atoms with van der Waals surface area (Å²) in [6, 6.07) is 14.8. The van der Waals surface area contributed by atoms with Gasteiger partial charge in [-0.25, -0.2) is 4.79 Å². The van der Waals surface area contributed by atoms with Crippen molar-refractivity contribution < 1.29 is 14.6 Å². The van der Waals surface area contributed by atoms with Gasteiger partial charge in [0.05, 0.1) is 5.92 Å². The molecule has 9 heteroatoms. The van der Waals surface area contributed by atoms with Crippen molar-refractivity contribution in [2.24, 2.45) is 0 Å². The standard InChI is InChI=1S/C22H22N4O3S2/c27-22(28)18-9-1-2-10-26(18)16-7-4-8-17(12-16)29-13-23-15-6-3-5-14(11-15)19-20(30)24-25-21(19)31/h1-8,11-12,18-19,23H,9-10,13H2,(H,24,30)(H,25,31)(H,27,28). The summed E-state index contributed by atoms with van der Waals surface area (Å²) < 4.78 is 5.87. The smallest absolute Gasteiger partial charge is 0.326 e. The quantitative estimate of drug-likeness (QED) is 0.286. The molecule has 0 radical (unpaired) electrons. The van der Waals surface area contributed by atoms with Crippen LogP contribution in [0.15, 0.2) is 60.7 Å². The van der Waals surface area contributed by atoms with Gasteiger partial charge in [0, 0.05) is 24.0 Å². The van der Waals surface area contributed by atoms with Gasteiger partial charge in [0.15, 0.2) is 6.73 Å². The lowest BCUT2D eigenvalue weighted by molar-refractivity contribution is -0.138. The highest BCUT2D eigenvalue weighted by Gasteiger charge is 2.28. The Morgan fingerprint density at radius 3 is 2.68 bits per heavy atom. The lowest BCUT2D eigenvalue weighted by Gasteiger charge is -2.32. The summed E-state index contributed by atoms with van der Waals surface area (Å²) in [6.45, 7) is 0.811. The highest BCUT2D eigenvalue weighted by atomic mass is 32.1. The van der Waals surface area contributed by atoms with Crippen LogP contribution in [0.25, 0.3) is 0 Å². The van der Waals surface area contributed by atoms with Crippen molar-refractivity contribution in [2.75, 3.05) is 23.5 Å². The van der Waals surface area contributed by atoms with Crippen molar-refractivity contribution in [3.63, 3.8) is 0 Å². The number of hydrazine groups is 1. The van der Waals surface area contributed by atoms with Crippen molar-refractivity contribution in [2.45, 2.75) is 18.4 Å². The SMILES string of the molecule is O=C(O)C1CC=CCN1c1cccc(OCNc2cccc(C3C(=S)NNC3=S)c2)c1. The number of carbonyl (C=O) groups is 1. The molecule has 0 aliphatic carbocycles. The highest BCUT2D eigenvalue weighted by Crippen LogP contribution is 2.27. The fraction of sp³-hybridized carbons (Fsp3) is 0.227. The molecule has 0 amide bonds. The lowest BCUT2D eigenvalue weighted by Crippen LogP contribution is -2.43. The van der Waals surface area contributed by atoms with Gasteiger partial charge in [-0.3, -0.25) is 10.9 Å². The summed E-state index contributed by atoms with van der Waals surface area (Å²) in [4.78, 5) is 14.7. The van der Waals surface area contributed by atoms with E-state index in [1.54, 1.807) is 0 Å². The number of carboxylic acids is 1. The van der Waals surface area contributed by atoms with Crippen LogP contribution in [-0.4, -0.2) is 40.4 Å². The molecular formula is C22H22N4O3S2. The summed E-state index contributed by atoms with van der Waals surface area (Å²) in [7, 11) is 0. The summed E-state index contributed by atoms with van der Waals surface area (Å²) in [5, 5.41) is 12.7. The number of hydrogen-bond acceptors (Lipinski definition) is 6. The van der Waals surface area contributed by atoms with Gasteiger partial charge in [0.1, 0.15) is 21.8 Å². The Morgan fingerprint density at radius 2 is 1.90 bits per heavy atom. The number of aliphatic carboxylic acids is 1. The number of hydrogen-bond donors (Lipinski definition) is 4. The number of rotatable bonds is 7. The second-order valence-electron chi connectivity index (χ2n) is 7.21. The number of benzene rings is 2. The molecule has 7 nitrogen and oxygen atoms in total. The minimum absolute atomic E-state index is 0.134. The highest BCUT2D eigenvalue weighted by molar-refractivity contribution is 7.82. The third-order valence-corrected chi connectivity index (χ3v) is 5.88. The Morgan fingerprint density at radius 1 is 1.13 bits per heavy atom. The maximum Gasteiger partial charge on any atom is 0.326 e. The van der Waals surface area contributed by atoms with Crippen molar-refractivity contribution >= 4 is 51.8 Å². The van der Waals surface area contributed by atoms with E-state index in [2.05, 4.69) is 16.2 Å². The molecule has 2 aliphatic rings. The molecule has 1 saturated heterocycles. The van der Waals surface area contributed by atoms with E-state index in [1.165, 1.54) is 0 Å². The van der Waals surface area contributed by atoms with Gasteiger partial charge in [-0.1, -0.05) is 54.8 Å². The van der Waals surface area contributed by atoms with E-state index in [9.17, 15) is 9.90 Å². The van der Waals surface area contributed by atoms with Crippen LogP contribution in [0.1, 0.15) is 17.9 Å². The Hall–Kier alpha value is -3.17. The maximum atomic E-state index is 11.6. The molecule has 4 rings (SSSR count). The van der Waals surface area contributed by atoms with Gasteiger partial charge in [-0.2, -0.15) is 0 Å². The molecule has 1 atom stereocenters. The number of anilines is 2. The predicted octanol–water partition coefficient (Wildman–Crippen LogP) is 3.20. The van der Waals surface area contributed by atoms with E-state index in [0.717, 1.165) is 16.9 Å². The molecule has 0 spiro atoms. The molecule has 1 unspecified atom stereocenters. The van der Waals surface area contributed by atoms with Crippen LogP contribution in [0.4, 0.5) is 11.4 Å². The first-order chi connectivity index (χ1) is 15.0. The molecular weight excluding hydrogens is 432 g/mol. The number of thiocarbonyl (C=S) groups is 2. The number of nitrogens with one attached hydrogen (secondary N) is 3. The molecule has 2 heterocycles. The summed E-state index contributed by atoms with van der Waals surface area (Å²) >= 11 is 10.7. The fourth-order valence-corrected chi connectivity index (χ4v) is 4.34. The van der Waals surface area contributed by atoms with Crippen LogP contribution < -0.4 is 25.8 Å². The predicted molar refractivity (Wildman–Crippen MR) is 129 cm³/mol. The number of carboxylic acid groups (broad SMARTS) is 1. The molecule has 4 N–H and O–H groups in total. The van der Waals surface area contributed by atoms with Crippen molar-refractivity contribution in [1.29, 1.82) is 0 Å². The monoisotopic (exact) mass is 454 g/mol. The van der Waals surface area contributed by atoms with Gasteiger partial charge in [0.25, 0.3) is 0 Å². The summed E-state index contributed by atoms with van der Waals surface area (Å²) in [5.74, 6) is -0.305. The van der Waals surface area contributed by atoms with Gasteiger partial charge in [0.2, 0.25) is 0 Å². The Kier molecular flexibility index (Phi) is 6.34. The van der Waals surface area contributed by atoms with E-state index in [-0.39, 0.29) is 12.6 Å². The third-order valence-electron chi connectivity index (χ3n) is 5.21. The first-order valence-electron chi connectivity index (χ1n) is 9.84. The van der Waals surface area contributed by atoms with Crippen LogP contribution in [0.5, 0.6) is 5.75 Å². The van der Waals surface area contributed by atoms with Crippen molar-refractivity contribution in [3.05, 3.63) is 66.2 Å². The van der Waals surface area contributed by atoms with E-state index < -0.39 is 12.0 Å². The summed E-state index contributed by atoms with van der Waals surface area (Å²) in [6.07, 6.45) is 4.37. The first kappa shape index (κ1) is 21.1. The zero-order chi connectivity index (χ0) is 21.8. The Balaban J connectivity index is 1.39. The zero-order valence-corrected chi connectivity index (χ0v) is 18.2. The lowest BCUT2D eigenvalue weighted by atomic mass is 9.99. The average Bonchev–Trinajstić information content (AvgIpc) is 3.12.